The molecule has 0 spiro atoms. The first-order valence-electron chi connectivity index (χ1n) is 6.08. The van der Waals surface area contributed by atoms with Crippen LogP contribution >= 0.6 is 11.6 Å². The smallest absolute Gasteiger partial charge is 0.180 e. The summed E-state index contributed by atoms with van der Waals surface area (Å²) in [6.07, 6.45) is 0.672. The van der Waals surface area contributed by atoms with E-state index in [1.54, 1.807) is 19.2 Å². The Balaban J connectivity index is 2.65. The summed E-state index contributed by atoms with van der Waals surface area (Å²) in [7, 11) is 3.07. The highest BCUT2D eigenvalue weighted by Gasteiger charge is 2.20. The van der Waals surface area contributed by atoms with Gasteiger partial charge in [0.25, 0.3) is 0 Å². The molecule has 0 bridgehead atoms. The van der Waals surface area contributed by atoms with Crippen LogP contribution in [-0.2, 0) is 6.42 Å². The summed E-state index contributed by atoms with van der Waals surface area (Å²) in [6.45, 7) is 1.95. The molecule has 0 saturated heterocycles. The normalized spacial score (nSPS) is 10.6. The van der Waals surface area contributed by atoms with E-state index < -0.39 is 0 Å². The predicted octanol–water partition coefficient (Wildman–Crippen LogP) is 2.08. The number of aromatic nitrogens is 2. The van der Waals surface area contributed by atoms with Gasteiger partial charge in [-0.3, -0.25) is 0 Å². The molecule has 0 fully saturated rings. The van der Waals surface area contributed by atoms with Crippen LogP contribution in [0.1, 0.15) is 12.7 Å². The number of benzene rings is 1. The molecule has 2 aromatic rings. The van der Waals surface area contributed by atoms with Crippen molar-refractivity contribution in [2.45, 2.75) is 13.3 Å². The monoisotopic (exact) mass is 296 g/mol. The maximum atomic E-state index is 6.35. The van der Waals surface area contributed by atoms with Gasteiger partial charge in [0.2, 0.25) is 0 Å². The topological polar surface area (TPSA) is 88.3 Å². The number of nitrogens with two attached hydrogens (primary N) is 2. The van der Waals surface area contributed by atoms with Crippen molar-refractivity contribution in [2.24, 2.45) is 0 Å². The maximum absolute atomic E-state index is 6.35. The molecule has 0 amide bonds. The summed E-state index contributed by atoms with van der Waals surface area (Å²) in [5, 5.41) is 0.388. The van der Waals surface area contributed by atoms with E-state index in [2.05, 4.69) is 4.98 Å². The van der Waals surface area contributed by atoms with Gasteiger partial charge in [0.1, 0.15) is 11.5 Å². The minimum atomic E-state index is 0.357. The Labute approximate surface area is 122 Å². The van der Waals surface area contributed by atoms with E-state index in [0.717, 1.165) is 0 Å². The van der Waals surface area contributed by atoms with E-state index in [9.17, 15) is 0 Å². The minimum Gasteiger partial charge on any atom is -0.493 e. The number of halogens is 1. The van der Waals surface area contributed by atoms with Crippen LogP contribution in [-0.4, -0.2) is 23.9 Å². The Kier molecular flexibility index (Phi) is 3.94. The van der Waals surface area contributed by atoms with Gasteiger partial charge in [-0.15, -0.1) is 0 Å². The third kappa shape index (κ3) is 2.12. The van der Waals surface area contributed by atoms with Gasteiger partial charge in [-0.2, -0.15) is 0 Å². The third-order valence-electron chi connectivity index (χ3n) is 3.08. The van der Waals surface area contributed by atoms with Gasteiger partial charge in [-0.1, -0.05) is 18.5 Å². The van der Waals surface area contributed by atoms with Gasteiger partial charge in [0.05, 0.1) is 19.2 Å². The second-order valence-electron chi connectivity index (χ2n) is 4.15. The van der Waals surface area contributed by atoms with Crippen molar-refractivity contribution >= 4 is 17.4 Å². The number of rotatable bonds is 4. The predicted molar refractivity (Wildman–Crippen MR) is 79.7 cm³/mol. The summed E-state index contributed by atoms with van der Waals surface area (Å²) < 4.78 is 11.8. The van der Waals surface area contributed by atoms with Gasteiger partial charge >= 0.3 is 0 Å². The molecule has 1 aromatic carbocycles. The molecule has 7 heteroatoms. The highest BCUT2D eigenvalue weighted by Crippen LogP contribution is 2.42. The lowest BCUT2D eigenvalue weighted by molar-refractivity contribution is 0.355. The Morgan fingerprint density at radius 1 is 1.30 bits per heavy atom. The molecule has 0 radical (unpaired) electrons. The van der Waals surface area contributed by atoms with Gasteiger partial charge in [0, 0.05) is 12.0 Å². The average molecular weight is 297 g/mol. The lowest BCUT2D eigenvalue weighted by Crippen LogP contribution is -2.14. The third-order valence-corrected chi connectivity index (χ3v) is 3.45. The van der Waals surface area contributed by atoms with Gasteiger partial charge in [-0.25, -0.2) is 9.66 Å². The van der Waals surface area contributed by atoms with Crippen molar-refractivity contribution in [1.29, 1.82) is 0 Å². The molecule has 20 heavy (non-hydrogen) atoms. The number of nitrogen functional groups attached to an aromatic ring is 2. The van der Waals surface area contributed by atoms with Crippen molar-refractivity contribution in [1.82, 2.24) is 9.66 Å². The minimum absolute atomic E-state index is 0.357. The summed E-state index contributed by atoms with van der Waals surface area (Å²) in [4.78, 5) is 4.42. The zero-order valence-electron chi connectivity index (χ0n) is 11.6. The molecular formula is C13H17ClN4O2. The lowest BCUT2D eigenvalue weighted by Gasteiger charge is -2.12. The van der Waals surface area contributed by atoms with Crippen LogP contribution in [0.4, 0.5) is 5.82 Å². The Morgan fingerprint density at radius 2 is 2.00 bits per heavy atom. The first kappa shape index (κ1) is 14.3. The van der Waals surface area contributed by atoms with Gasteiger partial charge < -0.3 is 21.1 Å². The zero-order chi connectivity index (χ0) is 14.9. The van der Waals surface area contributed by atoms with E-state index in [4.69, 9.17) is 32.7 Å². The Morgan fingerprint density at radius 3 is 2.50 bits per heavy atom. The molecule has 0 aliphatic carbocycles. The number of hydrogen-bond acceptors (Lipinski definition) is 5. The largest absolute Gasteiger partial charge is 0.493 e. The molecule has 2 rings (SSSR count). The van der Waals surface area contributed by atoms with Gasteiger partial charge in [0.15, 0.2) is 17.3 Å². The van der Waals surface area contributed by atoms with Crippen LogP contribution in [0.2, 0.25) is 5.02 Å². The number of anilines is 1. The summed E-state index contributed by atoms with van der Waals surface area (Å²) in [6, 6.07) is 3.53. The Bertz CT molecular complexity index is 640. The van der Waals surface area contributed by atoms with Crippen molar-refractivity contribution in [3.8, 4) is 22.8 Å². The average Bonchev–Trinajstić information content (AvgIpc) is 2.74. The van der Waals surface area contributed by atoms with Crippen molar-refractivity contribution in [3.05, 3.63) is 23.0 Å². The molecule has 0 atom stereocenters. The van der Waals surface area contributed by atoms with Gasteiger partial charge in [-0.05, 0) is 12.1 Å². The fourth-order valence-electron chi connectivity index (χ4n) is 2.01. The molecule has 1 heterocycles. The van der Waals surface area contributed by atoms with E-state index in [-0.39, 0.29) is 0 Å². The molecule has 0 aliphatic rings. The highest BCUT2D eigenvalue weighted by atomic mass is 35.5. The van der Waals surface area contributed by atoms with Crippen LogP contribution in [0.3, 0.4) is 0 Å². The Hall–Kier alpha value is -2.08. The van der Waals surface area contributed by atoms with E-state index >= 15 is 0 Å². The van der Waals surface area contributed by atoms with Crippen LogP contribution in [0.15, 0.2) is 12.1 Å². The number of aryl methyl sites for hydroxylation is 1. The lowest BCUT2D eigenvalue weighted by atomic mass is 10.1. The fraction of sp³-hybridized carbons (Fsp3) is 0.308. The van der Waals surface area contributed by atoms with Crippen molar-refractivity contribution in [3.63, 3.8) is 0 Å². The number of nitrogens with zero attached hydrogens (tertiary/aromatic N) is 2. The SMILES string of the molecule is CCc1nc(-c2ccc(OC)c(OC)c2Cl)c(N)n1N. The van der Waals surface area contributed by atoms with Crippen molar-refractivity contribution < 1.29 is 9.47 Å². The van der Waals surface area contributed by atoms with Crippen molar-refractivity contribution in [2.75, 3.05) is 25.8 Å². The van der Waals surface area contributed by atoms with Crippen LogP contribution in [0.25, 0.3) is 11.3 Å². The van der Waals surface area contributed by atoms with Crippen LogP contribution < -0.4 is 21.1 Å². The van der Waals surface area contributed by atoms with Crippen LogP contribution in [0.5, 0.6) is 11.5 Å². The molecule has 1 aromatic heterocycles. The van der Waals surface area contributed by atoms with Crippen LogP contribution in [0, 0.1) is 0 Å². The quantitative estimate of drug-likeness (QED) is 0.843. The fourth-order valence-corrected chi connectivity index (χ4v) is 2.34. The summed E-state index contributed by atoms with van der Waals surface area (Å²) in [5.41, 5.74) is 7.18. The number of methoxy groups -OCH3 is 2. The summed E-state index contributed by atoms with van der Waals surface area (Å²) >= 11 is 6.35. The molecule has 0 aliphatic heterocycles. The van der Waals surface area contributed by atoms with E-state index in [0.29, 0.717) is 45.8 Å². The van der Waals surface area contributed by atoms with E-state index in [1.165, 1.54) is 11.8 Å². The second kappa shape index (κ2) is 5.50. The zero-order valence-corrected chi connectivity index (χ0v) is 12.4. The summed E-state index contributed by atoms with van der Waals surface area (Å²) in [5.74, 6) is 7.88. The number of ether oxygens (including phenoxy) is 2. The molecular weight excluding hydrogens is 280 g/mol. The number of hydrogen-bond donors (Lipinski definition) is 2. The molecule has 0 saturated carbocycles. The first-order chi connectivity index (χ1) is 9.54. The maximum Gasteiger partial charge on any atom is 0.180 e. The second-order valence-corrected chi connectivity index (χ2v) is 4.53. The molecule has 108 valence electrons. The molecule has 6 nitrogen and oxygen atoms in total. The standard InChI is InChI=1S/C13H17ClN4O2/c1-4-9-17-11(13(15)18(9)16)7-5-6-8(19-2)12(20-3)10(7)14/h5-6H,4,15-16H2,1-3H3. The molecule has 0 unspecified atom stereocenters. The first-order valence-corrected chi connectivity index (χ1v) is 6.45. The molecule has 4 N–H and O–H groups in total. The number of imidazole rings is 1. The van der Waals surface area contributed by atoms with E-state index in [1.807, 2.05) is 6.92 Å². The highest BCUT2D eigenvalue weighted by molar-refractivity contribution is 6.35.